The van der Waals surface area contributed by atoms with Gasteiger partial charge >= 0.3 is 6.11 Å². The summed E-state index contributed by atoms with van der Waals surface area (Å²) < 4.78 is 98.6. The number of rotatable bonds is 11. The Hall–Kier alpha value is -3.94. The van der Waals surface area contributed by atoms with Gasteiger partial charge in [0.2, 0.25) is 5.82 Å². The molecule has 0 spiro atoms. The van der Waals surface area contributed by atoms with Crippen LogP contribution < -0.4 is 4.74 Å². The van der Waals surface area contributed by atoms with Crippen molar-refractivity contribution in [1.29, 1.82) is 0 Å². The van der Waals surface area contributed by atoms with Crippen molar-refractivity contribution in [3.05, 3.63) is 131 Å². The molecule has 0 bridgehead atoms. The quantitative estimate of drug-likeness (QED) is 0.135. The number of alkyl halides is 2. The highest BCUT2D eigenvalue weighted by Crippen LogP contribution is 2.45. The van der Waals surface area contributed by atoms with Gasteiger partial charge in [0.05, 0.1) is 0 Å². The van der Waals surface area contributed by atoms with Gasteiger partial charge in [0.1, 0.15) is 17.1 Å². The van der Waals surface area contributed by atoms with Gasteiger partial charge in [-0.1, -0.05) is 70.4 Å². The molecule has 39 heavy (non-hydrogen) atoms. The van der Waals surface area contributed by atoms with Crippen molar-refractivity contribution in [2.45, 2.75) is 45.6 Å². The molecule has 0 radical (unpaired) electrons. The van der Waals surface area contributed by atoms with Gasteiger partial charge in [0.25, 0.3) is 0 Å². The summed E-state index contributed by atoms with van der Waals surface area (Å²) >= 11 is 0. The van der Waals surface area contributed by atoms with Gasteiger partial charge in [0.15, 0.2) is 23.1 Å². The van der Waals surface area contributed by atoms with Crippen molar-refractivity contribution in [1.82, 2.24) is 0 Å². The van der Waals surface area contributed by atoms with Crippen LogP contribution in [0.15, 0.2) is 91.0 Å². The van der Waals surface area contributed by atoms with Gasteiger partial charge in [0, 0.05) is 29.2 Å². The van der Waals surface area contributed by atoms with Gasteiger partial charge < -0.3 is 9.47 Å². The molecule has 3 rings (SSSR count). The molecule has 0 amide bonds. The molecular formula is C31H28F6O2. The van der Waals surface area contributed by atoms with E-state index in [1.807, 2.05) is 6.92 Å². The van der Waals surface area contributed by atoms with Crippen LogP contribution in [0.3, 0.4) is 0 Å². The van der Waals surface area contributed by atoms with E-state index in [1.54, 1.807) is 13.0 Å². The fourth-order valence-corrected chi connectivity index (χ4v) is 3.86. The van der Waals surface area contributed by atoms with E-state index in [2.05, 4.69) is 31.1 Å². The normalized spacial score (nSPS) is 13.0. The van der Waals surface area contributed by atoms with Gasteiger partial charge in [-0.25, -0.2) is 13.2 Å². The zero-order valence-electron chi connectivity index (χ0n) is 21.7. The van der Waals surface area contributed by atoms with Crippen LogP contribution in [0.2, 0.25) is 0 Å². The summed E-state index contributed by atoms with van der Waals surface area (Å²) in [5.74, 6) is -7.10. The Balaban J connectivity index is 1.83. The summed E-state index contributed by atoms with van der Waals surface area (Å²) in [5.41, 5.74) is 0.0383. The van der Waals surface area contributed by atoms with Crippen molar-refractivity contribution in [2.75, 3.05) is 0 Å². The largest absolute Gasteiger partial charge is 0.450 e. The molecule has 2 aromatic carbocycles. The number of hydrogen-bond acceptors (Lipinski definition) is 2. The zero-order chi connectivity index (χ0) is 29.1. The molecule has 1 heterocycles. The topological polar surface area (TPSA) is 18.5 Å². The molecule has 0 aliphatic carbocycles. The third kappa shape index (κ3) is 6.38. The molecule has 8 heteroatoms. The highest BCUT2D eigenvalue weighted by atomic mass is 19.3. The molecule has 0 aromatic heterocycles. The number of allylic oxidation sites excluding steroid dienone is 7. The minimum Gasteiger partial charge on any atom is -0.450 e. The van der Waals surface area contributed by atoms with Gasteiger partial charge in [-0.05, 0) is 36.1 Å². The molecule has 206 valence electrons. The summed E-state index contributed by atoms with van der Waals surface area (Å²) in [7, 11) is 0. The summed E-state index contributed by atoms with van der Waals surface area (Å²) in [4.78, 5) is 0. The van der Waals surface area contributed by atoms with E-state index in [0.717, 1.165) is 11.6 Å². The van der Waals surface area contributed by atoms with E-state index >= 15 is 4.39 Å². The summed E-state index contributed by atoms with van der Waals surface area (Å²) in [5, 5.41) is 0. The Morgan fingerprint density at radius 3 is 2.28 bits per heavy atom. The Bertz CT molecular complexity index is 1410. The first-order chi connectivity index (χ1) is 18.3. The van der Waals surface area contributed by atoms with E-state index < -0.39 is 52.2 Å². The van der Waals surface area contributed by atoms with E-state index in [1.165, 1.54) is 18.2 Å². The predicted octanol–water partition coefficient (Wildman–Crippen LogP) is 9.82. The first kappa shape index (κ1) is 29.6. The summed E-state index contributed by atoms with van der Waals surface area (Å²) in [6.07, 6.45) is 0.793. The molecular weight excluding hydrogens is 518 g/mol. The number of halogens is 6. The maximum atomic E-state index is 15.2. The molecule has 2 nitrogen and oxygen atoms in total. The molecule has 0 unspecified atom stereocenters. The zero-order valence-corrected chi connectivity index (χ0v) is 21.7. The van der Waals surface area contributed by atoms with E-state index in [-0.39, 0.29) is 40.7 Å². The first-order valence-corrected chi connectivity index (χ1v) is 12.2. The van der Waals surface area contributed by atoms with Crippen LogP contribution in [0.4, 0.5) is 26.3 Å². The summed E-state index contributed by atoms with van der Waals surface area (Å²) in [6.45, 7) is 17.9. The lowest BCUT2D eigenvalue weighted by atomic mass is 9.95. The molecule has 0 atom stereocenters. The van der Waals surface area contributed by atoms with Gasteiger partial charge in [-0.15, -0.1) is 0 Å². The minimum atomic E-state index is -4.32. The highest BCUT2D eigenvalue weighted by molar-refractivity contribution is 5.54. The second kappa shape index (κ2) is 11.8. The number of benzene rings is 2. The Morgan fingerprint density at radius 2 is 1.64 bits per heavy atom. The average molecular weight is 547 g/mol. The standard InChI is InChI=1S/C31H28F6O2/c1-7-9-21-15-23-16-22-12-13-24(27(34)29(22)38-30(23)28(35)26(21)33)31(36,37)39-19(5)14-25(32)20(6)18(4)11-10-17(3)8-2/h10-15H,3-9,16H2,1-2H3/b11-10-,25-14+. The maximum absolute atomic E-state index is 15.2. The van der Waals surface area contributed by atoms with Gasteiger partial charge in [-0.3, -0.25) is 0 Å². The molecule has 1 aliphatic rings. The van der Waals surface area contributed by atoms with E-state index in [0.29, 0.717) is 18.9 Å². The second-order valence-electron chi connectivity index (χ2n) is 9.02. The van der Waals surface area contributed by atoms with Crippen molar-refractivity contribution >= 4 is 0 Å². The lowest BCUT2D eigenvalue weighted by Crippen LogP contribution is -2.21. The first-order valence-electron chi connectivity index (χ1n) is 12.2. The van der Waals surface area contributed by atoms with E-state index in [4.69, 9.17) is 4.74 Å². The molecule has 0 fully saturated rings. The minimum absolute atomic E-state index is 0.0606. The van der Waals surface area contributed by atoms with Crippen LogP contribution >= 0.6 is 0 Å². The third-order valence-electron chi connectivity index (χ3n) is 6.11. The lowest BCUT2D eigenvalue weighted by Gasteiger charge is -2.25. The number of aryl methyl sites for hydroxylation is 1. The SMILES string of the molecule is C=C(/C=C\C(=C)C(=C)/C(F)=C\C(=C)OC(F)(F)c1ccc2c(c1F)Oc1c(cc(CCC)c(F)c1F)C2)CC. The summed E-state index contributed by atoms with van der Waals surface area (Å²) in [6, 6.07) is 3.39. The molecule has 0 saturated heterocycles. The maximum Gasteiger partial charge on any atom is 0.429 e. The fraction of sp³-hybridized carbons (Fsp3) is 0.226. The Labute approximate surface area is 223 Å². The Kier molecular flexibility index (Phi) is 8.99. The van der Waals surface area contributed by atoms with E-state index in [9.17, 15) is 22.0 Å². The van der Waals surface area contributed by atoms with Crippen molar-refractivity contribution in [3.8, 4) is 11.5 Å². The van der Waals surface area contributed by atoms with Crippen LogP contribution in [0.25, 0.3) is 0 Å². The smallest absolute Gasteiger partial charge is 0.429 e. The van der Waals surface area contributed by atoms with Crippen molar-refractivity contribution in [2.24, 2.45) is 0 Å². The molecule has 1 aliphatic heterocycles. The van der Waals surface area contributed by atoms with Crippen LogP contribution in [-0.4, -0.2) is 0 Å². The monoisotopic (exact) mass is 546 g/mol. The van der Waals surface area contributed by atoms with Crippen molar-refractivity contribution < 1.29 is 35.8 Å². The number of hydrogen-bond donors (Lipinski definition) is 0. The van der Waals surface area contributed by atoms with Crippen LogP contribution in [-0.2, 0) is 23.7 Å². The molecule has 2 aromatic rings. The number of fused-ring (bicyclic) bond motifs is 2. The number of ether oxygens (including phenoxy) is 2. The van der Waals surface area contributed by atoms with Crippen LogP contribution in [0.1, 0.15) is 48.9 Å². The second-order valence-corrected chi connectivity index (χ2v) is 9.02. The van der Waals surface area contributed by atoms with Crippen LogP contribution in [0.5, 0.6) is 11.5 Å². The van der Waals surface area contributed by atoms with Gasteiger partial charge in [-0.2, -0.15) is 13.2 Å². The lowest BCUT2D eigenvalue weighted by molar-refractivity contribution is -0.222. The molecule has 0 N–H and O–H groups in total. The Morgan fingerprint density at radius 1 is 0.974 bits per heavy atom. The average Bonchev–Trinajstić information content (AvgIpc) is 2.88. The van der Waals surface area contributed by atoms with Crippen molar-refractivity contribution in [3.63, 3.8) is 0 Å². The third-order valence-corrected chi connectivity index (χ3v) is 6.11. The fourth-order valence-electron chi connectivity index (χ4n) is 3.86. The predicted molar refractivity (Wildman–Crippen MR) is 140 cm³/mol. The highest BCUT2D eigenvalue weighted by Gasteiger charge is 2.41. The van der Waals surface area contributed by atoms with Crippen LogP contribution in [0, 0.1) is 17.5 Å². The molecule has 0 saturated carbocycles.